The van der Waals surface area contributed by atoms with Crippen LogP contribution in [0.4, 0.5) is 0 Å². The molecule has 0 spiro atoms. The molecule has 6 heteroatoms. The second-order valence-electron chi connectivity index (χ2n) is 5.84. The van der Waals surface area contributed by atoms with Crippen molar-refractivity contribution in [1.29, 1.82) is 0 Å². The second kappa shape index (κ2) is 6.91. The zero-order valence-corrected chi connectivity index (χ0v) is 14.9. The van der Waals surface area contributed by atoms with Crippen LogP contribution in [0.5, 0.6) is 5.75 Å². The van der Waals surface area contributed by atoms with E-state index in [1.807, 2.05) is 31.2 Å². The van der Waals surface area contributed by atoms with Crippen molar-refractivity contribution < 1.29 is 14.6 Å². The summed E-state index contributed by atoms with van der Waals surface area (Å²) in [6.07, 6.45) is 0. The lowest BCUT2D eigenvalue weighted by molar-refractivity contribution is -0.136. The van der Waals surface area contributed by atoms with Crippen LogP contribution in [0.3, 0.4) is 0 Å². The number of carbonyl (C=O) groups is 1. The van der Waals surface area contributed by atoms with E-state index in [0.717, 1.165) is 28.4 Å². The fourth-order valence-corrected chi connectivity index (χ4v) is 4.33. The number of aromatic nitrogens is 1. The average molecular weight is 346 g/mol. The molecule has 1 saturated heterocycles. The molecule has 1 aliphatic heterocycles. The summed E-state index contributed by atoms with van der Waals surface area (Å²) >= 11 is 1.47. The number of thioether (sulfide) groups is 1. The van der Waals surface area contributed by atoms with Crippen molar-refractivity contribution in [3.8, 4) is 11.4 Å². The maximum Gasteiger partial charge on any atom is 0.318 e. The topological polar surface area (TPSA) is 63.5 Å². The third kappa shape index (κ3) is 3.16. The first-order valence-electron chi connectivity index (χ1n) is 8.05. The van der Waals surface area contributed by atoms with Crippen LogP contribution in [0.25, 0.3) is 5.69 Å². The Morgan fingerprint density at radius 1 is 1.38 bits per heavy atom. The van der Waals surface area contributed by atoms with Crippen molar-refractivity contribution in [1.82, 2.24) is 9.88 Å². The molecule has 2 N–H and O–H groups in total. The molecule has 1 fully saturated rings. The number of benzene rings is 1. The summed E-state index contributed by atoms with van der Waals surface area (Å²) < 4.78 is 7.70. The molecule has 0 amide bonds. The van der Waals surface area contributed by atoms with Crippen LogP contribution in [0.2, 0.25) is 0 Å². The number of rotatable bonds is 5. The molecule has 5 nitrogen and oxygen atoms in total. The summed E-state index contributed by atoms with van der Waals surface area (Å²) in [6, 6.07) is 10.2. The fraction of sp³-hybridized carbons (Fsp3) is 0.389. The minimum atomic E-state index is -0.754. The van der Waals surface area contributed by atoms with Crippen LogP contribution >= 0.6 is 11.8 Å². The second-order valence-corrected chi connectivity index (χ2v) is 7.15. The van der Waals surface area contributed by atoms with Crippen LogP contribution in [-0.2, 0) is 4.79 Å². The standard InChI is InChI=1S/C18H22N2O3S/c1-4-23-14-7-5-13(6-8-14)20-11(2)9-15(12(20)3)17-19-10-16(24-17)18(21)22/h5-9,16-17,19H,4,10H2,1-3H3,(H,21,22)/t16-,17-/m0/s1. The van der Waals surface area contributed by atoms with E-state index in [1.54, 1.807) is 0 Å². The molecule has 0 unspecified atom stereocenters. The Bertz CT molecular complexity index is 739. The average Bonchev–Trinajstić information content (AvgIpc) is 3.14. The van der Waals surface area contributed by atoms with Crippen LogP contribution in [-0.4, -0.2) is 34.0 Å². The van der Waals surface area contributed by atoms with Gasteiger partial charge in [-0.3, -0.25) is 10.1 Å². The summed E-state index contributed by atoms with van der Waals surface area (Å²) in [5.41, 5.74) is 4.49. The van der Waals surface area contributed by atoms with Crippen molar-refractivity contribution in [2.45, 2.75) is 31.4 Å². The smallest absolute Gasteiger partial charge is 0.318 e. The van der Waals surface area contributed by atoms with Gasteiger partial charge < -0.3 is 14.4 Å². The van der Waals surface area contributed by atoms with Crippen molar-refractivity contribution >= 4 is 17.7 Å². The minimum absolute atomic E-state index is 0.0220. The van der Waals surface area contributed by atoms with E-state index in [9.17, 15) is 9.90 Å². The van der Waals surface area contributed by atoms with E-state index in [2.05, 4.69) is 29.8 Å². The SMILES string of the molecule is CCOc1ccc(-n2c(C)cc([C@H]3NC[C@@H](C(=O)O)S3)c2C)cc1. The number of carboxylic acid groups (broad SMARTS) is 1. The van der Waals surface area contributed by atoms with Gasteiger partial charge in [0.25, 0.3) is 0 Å². The normalized spacial score (nSPS) is 20.3. The Hall–Kier alpha value is -1.92. The highest BCUT2D eigenvalue weighted by atomic mass is 32.2. The summed E-state index contributed by atoms with van der Waals surface area (Å²) in [7, 11) is 0. The number of hydrogen-bond donors (Lipinski definition) is 2. The van der Waals surface area contributed by atoms with Gasteiger partial charge in [-0.25, -0.2) is 0 Å². The lowest BCUT2D eigenvalue weighted by atomic mass is 10.2. The molecule has 1 aromatic heterocycles. The van der Waals surface area contributed by atoms with Gasteiger partial charge in [-0.1, -0.05) is 0 Å². The van der Waals surface area contributed by atoms with Crippen molar-refractivity contribution in [3.63, 3.8) is 0 Å². The lowest BCUT2D eigenvalue weighted by Crippen LogP contribution is -2.21. The molecule has 0 saturated carbocycles. The number of nitrogens with zero attached hydrogens (tertiary/aromatic N) is 1. The molecule has 128 valence electrons. The molecule has 0 aliphatic carbocycles. The van der Waals surface area contributed by atoms with E-state index in [0.29, 0.717) is 13.2 Å². The van der Waals surface area contributed by atoms with Gasteiger partial charge >= 0.3 is 5.97 Å². The predicted octanol–water partition coefficient (Wildman–Crippen LogP) is 3.28. The fourth-order valence-electron chi connectivity index (χ4n) is 3.11. The van der Waals surface area contributed by atoms with Gasteiger partial charge in [0.05, 0.1) is 12.0 Å². The van der Waals surface area contributed by atoms with Crippen molar-refractivity contribution in [2.24, 2.45) is 0 Å². The molecule has 2 aromatic rings. The Kier molecular flexibility index (Phi) is 4.87. The van der Waals surface area contributed by atoms with E-state index in [1.165, 1.54) is 11.8 Å². The van der Waals surface area contributed by atoms with Gasteiger partial charge in [-0.15, -0.1) is 11.8 Å². The molecule has 0 bridgehead atoms. The van der Waals surface area contributed by atoms with E-state index >= 15 is 0 Å². The van der Waals surface area contributed by atoms with Crippen molar-refractivity contribution in [3.05, 3.63) is 47.3 Å². The summed E-state index contributed by atoms with van der Waals surface area (Å²) in [6.45, 7) is 7.27. The number of hydrogen-bond acceptors (Lipinski definition) is 4. The first-order chi connectivity index (χ1) is 11.5. The maximum atomic E-state index is 11.2. The lowest BCUT2D eigenvalue weighted by Gasteiger charge is -2.13. The van der Waals surface area contributed by atoms with E-state index < -0.39 is 5.97 Å². The molecule has 2 heterocycles. The van der Waals surface area contributed by atoms with E-state index in [4.69, 9.17) is 4.74 Å². The number of carboxylic acids is 1. The predicted molar refractivity (Wildman–Crippen MR) is 96.2 cm³/mol. The highest BCUT2D eigenvalue weighted by Crippen LogP contribution is 2.38. The molecule has 1 aromatic carbocycles. The molecule has 1 aliphatic rings. The van der Waals surface area contributed by atoms with Crippen LogP contribution < -0.4 is 10.1 Å². The highest BCUT2D eigenvalue weighted by Gasteiger charge is 2.32. The highest BCUT2D eigenvalue weighted by molar-refractivity contribution is 8.01. The molecular weight excluding hydrogens is 324 g/mol. The zero-order chi connectivity index (χ0) is 17.3. The number of aliphatic carboxylic acids is 1. The van der Waals surface area contributed by atoms with Crippen LogP contribution in [0.1, 0.15) is 29.2 Å². The van der Waals surface area contributed by atoms with Crippen LogP contribution in [0, 0.1) is 13.8 Å². The molecule has 24 heavy (non-hydrogen) atoms. The molecule has 3 rings (SSSR count). The Balaban J connectivity index is 1.88. The zero-order valence-electron chi connectivity index (χ0n) is 14.1. The third-order valence-electron chi connectivity index (χ3n) is 4.22. The first kappa shape index (κ1) is 16.9. The number of ether oxygens (including phenoxy) is 1. The maximum absolute atomic E-state index is 11.2. The minimum Gasteiger partial charge on any atom is -0.494 e. The Labute approximate surface area is 146 Å². The van der Waals surface area contributed by atoms with Gasteiger partial charge in [0.1, 0.15) is 11.0 Å². The van der Waals surface area contributed by atoms with Gasteiger partial charge in [-0.05, 0) is 51.1 Å². The summed E-state index contributed by atoms with van der Waals surface area (Å²) in [5.74, 6) is 0.108. The van der Waals surface area contributed by atoms with E-state index in [-0.39, 0.29) is 10.6 Å². The third-order valence-corrected chi connectivity index (χ3v) is 5.61. The quantitative estimate of drug-likeness (QED) is 0.870. The molecule has 0 radical (unpaired) electrons. The van der Waals surface area contributed by atoms with Crippen molar-refractivity contribution in [2.75, 3.05) is 13.2 Å². The van der Waals surface area contributed by atoms with Gasteiger partial charge in [0, 0.05) is 29.2 Å². The Morgan fingerprint density at radius 2 is 2.08 bits per heavy atom. The number of aryl methyl sites for hydroxylation is 1. The van der Waals surface area contributed by atoms with Gasteiger partial charge in [-0.2, -0.15) is 0 Å². The largest absolute Gasteiger partial charge is 0.494 e. The van der Waals surface area contributed by atoms with Gasteiger partial charge in [0.15, 0.2) is 0 Å². The summed E-state index contributed by atoms with van der Waals surface area (Å²) in [4.78, 5) is 11.2. The monoisotopic (exact) mass is 346 g/mol. The molecular formula is C18H22N2O3S. The Morgan fingerprint density at radius 3 is 2.67 bits per heavy atom. The first-order valence-corrected chi connectivity index (χ1v) is 8.99. The summed E-state index contributed by atoms with van der Waals surface area (Å²) in [5, 5.41) is 12.1. The van der Waals surface area contributed by atoms with Gasteiger partial charge in [0.2, 0.25) is 0 Å². The van der Waals surface area contributed by atoms with Crippen LogP contribution in [0.15, 0.2) is 30.3 Å². The molecule has 2 atom stereocenters. The number of nitrogens with one attached hydrogen (secondary N) is 1.